The van der Waals surface area contributed by atoms with Crippen molar-refractivity contribution in [1.29, 1.82) is 0 Å². The first kappa shape index (κ1) is 22.1. The van der Waals surface area contributed by atoms with Crippen molar-refractivity contribution in [2.45, 2.75) is 20.1 Å². The molecule has 34 heavy (non-hydrogen) atoms. The van der Waals surface area contributed by atoms with Gasteiger partial charge in [-0.3, -0.25) is 14.5 Å². The van der Waals surface area contributed by atoms with Gasteiger partial charge in [-0.1, -0.05) is 29.8 Å². The third-order valence-corrected chi connectivity index (χ3v) is 6.77. The molecule has 5 aromatic rings. The number of amides is 1. The van der Waals surface area contributed by atoms with Crippen molar-refractivity contribution in [2.75, 3.05) is 5.32 Å². The number of aryl methyl sites for hydroxylation is 1. The van der Waals surface area contributed by atoms with Gasteiger partial charge in [0.1, 0.15) is 11.4 Å². The van der Waals surface area contributed by atoms with Gasteiger partial charge < -0.3 is 10.1 Å². The van der Waals surface area contributed by atoms with Crippen LogP contribution < -0.4 is 10.1 Å². The summed E-state index contributed by atoms with van der Waals surface area (Å²) >= 11 is 7.72. The molecule has 0 spiro atoms. The summed E-state index contributed by atoms with van der Waals surface area (Å²) < 4.78 is 7.78. The van der Waals surface area contributed by atoms with E-state index in [4.69, 9.17) is 16.3 Å². The highest BCUT2D eigenvalue weighted by Crippen LogP contribution is 2.31. The number of rotatable bonds is 7. The number of halogens is 1. The van der Waals surface area contributed by atoms with Crippen LogP contribution in [0.2, 0.25) is 5.02 Å². The van der Waals surface area contributed by atoms with Crippen LogP contribution in [0, 0.1) is 6.92 Å². The van der Waals surface area contributed by atoms with Gasteiger partial charge in [-0.15, -0.1) is 11.3 Å². The zero-order valence-electron chi connectivity index (χ0n) is 18.2. The Bertz CT molecular complexity index is 1460. The Morgan fingerprint density at radius 3 is 2.76 bits per heavy atom. The molecule has 0 aliphatic heterocycles. The maximum atomic E-state index is 13.1. The van der Waals surface area contributed by atoms with Crippen LogP contribution in [0.5, 0.6) is 5.75 Å². The van der Waals surface area contributed by atoms with Crippen molar-refractivity contribution in [3.63, 3.8) is 0 Å². The molecule has 1 aromatic carbocycles. The van der Waals surface area contributed by atoms with E-state index in [1.807, 2.05) is 54.1 Å². The molecule has 170 valence electrons. The molecule has 1 N–H and O–H groups in total. The molecule has 0 saturated carbocycles. The standard InChI is InChI=1S/C25H20ClN5O2S/c1-16-19-13-22(34-25(19)31(30-16)14-18-5-2-3-6-20(18)26)24(32)29-23-21(7-4-10-28-23)33-15-17-8-11-27-12-9-17/h2-13H,14-15H2,1H3,(H,28,29,32). The number of hydrogen-bond donors (Lipinski definition) is 1. The minimum absolute atomic E-state index is 0.252. The molecular formula is C25H20ClN5O2S. The average Bonchev–Trinajstić information content (AvgIpc) is 3.42. The molecule has 0 aliphatic rings. The summed E-state index contributed by atoms with van der Waals surface area (Å²) in [5.41, 5.74) is 2.80. The van der Waals surface area contributed by atoms with Crippen molar-refractivity contribution in [2.24, 2.45) is 0 Å². The van der Waals surface area contributed by atoms with Crippen LogP contribution in [-0.2, 0) is 13.2 Å². The summed E-state index contributed by atoms with van der Waals surface area (Å²) in [4.78, 5) is 22.9. The molecule has 0 radical (unpaired) electrons. The Kier molecular flexibility index (Phi) is 6.24. The lowest BCUT2D eigenvalue weighted by Gasteiger charge is -2.11. The maximum absolute atomic E-state index is 13.1. The van der Waals surface area contributed by atoms with Crippen LogP contribution in [0.1, 0.15) is 26.5 Å². The number of thiophene rings is 1. The lowest BCUT2D eigenvalue weighted by Crippen LogP contribution is -2.13. The molecule has 4 heterocycles. The van der Waals surface area contributed by atoms with E-state index in [9.17, 15) is 4.79 Å². The van der Waals surface area contributed by atoms with Crippen LogP contribution in [0.4, 0.5) is 5.82 Å². The van der Waals surface area contributed by atoms with Crippen molar-refractivity contribution in [3.05, 3.63) is 99.9 Å². The van der Waals surface area contributed by atoms with Crippen LogP contribution >= 0.6 is 22.9 Å². The summed E-state index contributed by atoms with van der Waals surface area (Å²) in [7, 11) is 0. The zero-order valence-corrected chi connectivity index (χ0v) is 19.8. The number of fused-ring (bicyclic) bond motifs is 1. The average molecular weight is 490 g/mol. The van der Waals surface area contributed by atoms with Gasteiger partial charge in [-0.05, 0) is 54.4 Å². The summed E-state index contributed by atoms with van der Waals surface area (Å²) in [6, 6.07) is 16.8. The molecule has 4 aromatic heterocycles. The Balaban J connectivity index is 1.36. The van der Waals surface area contributed by atoms with E-state index in [-0.39, 0.29) is 5.91 Å². The molecule has 0 aliphatic carbocycles. The lowest BCUT2D eigenvalue weighted by atomic mass is 10.2. The van der Waals surface area contributed by atoms with Crippen molar-refractivity contribution in [3.8, 4) is 5.75 Å². The van der Waals surface area contributed by atoms with Crippen LogP contribution in [-0.4, -0.2) is 25.7 Å². The van der Waals surface area contributed by atoms with Gasteiger partial charge in [0.05, 0.1) is 17.1 Å². The molecule has 0 bridgehead atoms. The van der Waals surface area contributed by atoms with Gasteiger partial charge in [0.15, 0.2) is 11.6 Å². The number of ether oxygens (including phenoxy) is 1. The van der Waals surface area contributed by atoms with Crippen LogP contribution in [0.3, 0.4) is 0 Å². The molecule has 0 atom stereocenters. The van der Waals surface area contributed by atoms with Crippen LogP contribution in [0.25, 0.3) is 10.2 Å². The Labute approximate surface area is 205 Å². The number of aromatic nitrogens is 4. The van der Waals surface area contributed by atoms with Gasteiger partial charge in [-0.2, -0.15) is 5.10 Å². The minimum atomic E-state index is -0.252. The van der Waals surface area contributed by atoms with Gasteiger partial charge in [0, 0.05) is 29.0 Å². The van der Waals surface area contributed by atoms with Gasteiger partial charge in [0.2, 0.25) is 0 Å². The number of carbonyl (C=O) groups excluding carboxylic acids is 1. The van der Waals surface area contributed by atoms with Crippen molar-refractivity contribution >= 4 is 44.9 Å². The predicted octanol–water partition coefficient (Wildman–Crippen LogP) is 5.73. The second-order valence-electron chi connectivity index (χ2n) is 7.61. The quantitative estimate of drug-likeness (QED) is 0.316. The summed E-state index contributed by atoms with van der Waals surface area (Å²) in [5, 5.41) is 9.15. The van der Waals surface area contributed by atoms with E-state index in [1.54, 1.807) is 30.7 Å². The number of nitrogens with zero attached hydrogens (tertiary/aromatic N) is 4. The Morgan fingerprint density at radius 2 is 1.94 bits per heavy atom. The van der Waals surface area contributed by atoms with Crippen molar-refractivity contribution in [1.82, 2.24) is 19.7 Å². The molecule has 0 fully saturated rings. The molecule has 9 heteroatoms. The SMILES string of the molecule is Cc1nn(Cc2ccccc2Cl)c2sc(C(=O)Nc3ncccc3OCc3ccncc3)cc12. The molecule has 5 rings (SSSR count). The van der Waals surface area contributed by atoms with E-state index in [1.165, 1.54) is 11.3 Å². The molecule has 0 unspecified atom stereocenters. The summed E-state index contributed by atoms with van der Waals surface area (Å²) in [6.07, 6.45) is 5.04. The number of anilines is 1. The zero-order chi connectivity index (χ0) is 23.5. The molecule has 0 saturated heterocycles. The fourth-order valence-corrected chi connectivity index (χ4v) is 4.78. The van der Waals surface area contributed by atoms with Crippen LogP contribution in [0.15, 0.2) is 73.2 Å². The fourth-order valence-electron chi connectivity index (χ4n) is 3.53. The Morgan fingerprint density at radius 1 is 1.12 bits per heavy atom. The normalized spacial score (nSPS) is 11.0. The van der Waals surface area contributed by atoms with E-state index >= 15 is 0 Å². The Hall–Kier alpha value is -3.75. The number of nitrogens with one attached hydrogen (secondary N) is 1. The highest BCUT2D eigenvalue weighted by molar-refractivity contribution is 7.20. The third kappa shape index (κ3) is 4.64. The van der Waals surface area contributed by atoms with Gasteiger partial charge in [-0.25, -0.2) is 4.98 Å². The smallest absolute Gasteiger partial charge is 0.267 e. The summed E-state index contributed by atoms with van der Waals surface area (Å²) in [6.45, 7) is 2.81. The number of carbonyl (C=O) groups is 1. The first-order valence-electron chi connectivity index (χ1n) is 10.6. The highest BCUT2D eigenvalue weighted by Gasteiger charge is 2.18. The fraction of sp³-hybridized carbons (Fsp3) is 0.120. The predicted molar refractivity (Wildman–Crippen MR) is 134 cm³/mol. The lowest BCUT2D eigenvalue weighted by molar-refractivity contribution is 0.102. The minimum Gasteiger partial charge on any atom is -0.485 e. The van der Waals surface area contributed by atoms with Gasteiger partial charge in [0.25, 0.3) is 5.91 Å². The maximum Gasteiger partial charge on any atom is 0.267 e. The monoisotopic (exact) mass is 489 g/mol. The summed E-state index contributed by atoms with van der Waals surface area (Å²) in [5.74, 6) is 0.612. The van der Waals surface area contributed by atoms with E-state index in [0.29, 0.717) is 34.6 Å². The largest absolute Gasteiger partial charge is 0.485 e. The first-order valence-corrected chi connectivity index (χ1v) is 11.8. The second-order valence-corrected chi connectivity index (χ2v) is 9.05. The van der Waals surface area contributed by atoms with Crippen molar-refractivity contribution < 1.29 is 9.53 Å². The second kappa shape index (κ2) is 9.62. The first-order chi connectivity index (χ1) is 16.6. The topological polar surface area (TPSA) is 81.9 Å². The van der Waals surface area contributed by atoms with E-state index in [2.05, 4.69) is 20.4 Å². The van der Waals surface area contributed by atoms with E-state index < -0.39 is 0 Å². The molecule has 1 amide bonds. The molecular weight excluding hydrogens is 470 g/mol. The molecule has 7 nitrogen and oxygen atoms in total. The van der Waals surface area contributed by atoms with Gasteiger partial charge >= 0.3 is 0 Å². The highest BCUT2D eigenvalue weighted by atomic mass is 35.5. The number of hydrogen-bond acceptors (Lipinski definition) is 6. The third-order valence-electron chi connectivity index (χ3n) is 5.26. The number of pyridine rings is 2. The van der Waals surface area contributed by atoms with E-state index in [0.717, 1.165) is 27.0 Å². The number of benzene rings is 1.